The van der Waals surface area contributed by atoms with E-state index in [1.165, 1.54) is 33.0 Å². The first-order valence-corrected chi connectivity index (χ1v) is 25.1. The minimum atomic E-state index is -0.0741. The van der Waals surface area contributed by atoms with Gasteiger partial charge in [-0.1, -0.05) is 39.8 Å². The first-order chi connectivity index (χ1) is 34.0. The topological polar surface area (TPSA) is 175 Å². The van der Waals surface area contributed by atoms with Crippen molar-refractivity contribution in [1.29, 1.82) is 0 Å². The van der Waals surface area contributed by atoms with Crippen molar-refractivity contribution in [3.05, 3.63) is 95.8 Å². The SMILES string of the molecule is COc1cc(-c2[nH]c3ccc(C4CCN(CCNC(=O)CCC(=O)NCCN5CCC(c6ccc7[nH]c(-c8cc(OC)c9ncnn9c8)c(C(C)C)c7c6)CC5)CC4)cc3c2C(C)C)cn2ncnc12. The molecule has 366 valence electrons. The highest BCUT2D eigenvalue weighted by Gasteiger charge is 2.26. The molecule has 16 heteroatoms. The number of amides is 2. The minimum Gasteiger partial charge on any atom is -0.493 e. The van der Waals surface area contributed by atoms with E-state index in [4.69, 9.17) is 9.47 Å². The molecule has 4 N–H and O–H groups in total. The van der Waals surface area contributed by atoms with Gasteiger partial charge in [-0.15, -0.1) is 0 Å². The van der Waals surface area contributed by atoms with Crippen molar-refractivity contribution in [1.82, 2.24) is 59.6 Å². The number of piperidine rings is 2. The van der Waals surface area contributed by atoms with E-state index in [-0.39, 0.29) is 24.7 Å². The molecule has 2 fully saturated rings. The summed E-state index contributed by atoms with van der Waals surface area (Å²) in [5.74, 6) is 2.79. The number of hydrogen-bond acceptors (Lipinski definition) is 10. The summed E-state index contributed by atoms with van der Waals surface area (Å²) in [7, 11) is 3.33. The van der Waals surface area contributed by atoms with Crippen LogP contribution >= 0.6 is 0 Å². The Hall–Kier alpha value is -6.78. The second-order valence-electron chi connectivity index (χ2n) is 19.8. The zero-order valence-electron chi connectivity index (χ0n) is 41.3. The van der Waals surface area contributed by atoms with Crippen molar-refractivity contribution in [3.8, 4) is 34.0 Å². The highest BCUT2D eigenvalue weighted by molar-refractivity contribution is 5.93. The van der Waals surface area contributed by atoms with Gasteiger partial charge in [0.1, 0.15) is 12.7 Å². The highest BCUT2D eigenvalue weighted by atomic mass is 16.5. The van der Waals surface area contributed by atoms with Crippen LogP contribution in [0.5, 0.6) is 11.5 Å². The number of likely N-dealkylation sites (tertiary alicyclic amines) is 2. The maximum Gasteiger partial charge on any atom is 0.220 e. The van der Waals surface area contributed by atoms with Crippen LogP contribution in [0.25, 0.3) is 55.6 Å². The number of hydrogen-bond donors (Lipinski definition) is 4. The molecule has 2 saturated heterocycles. The van der Waals surface area contributed by atoms with Crippen LogP contribution in [0.3, 0.4) is 0 Å². The summed E-state index contributed by atoms with van der Waals surface area (Å²) in [5, 5.41) is 17.4. The molecule has 10 rings (SSSR count). The van der Waals surface area contributed by atoms with Crippen LogP contribution in [0.15, 0.2) is 73.6 Å². The van der Waals surface area contributed by atoms with Gasteiger partial charge in [-0.2, -0.15) is 10.2 Å². The number of benzene rings is 2. The Morgan fingerprint density at radius 2 is 1.04 bits per heavy atom. The molecule has 0 radical (unpaired) electrons. The molecule has 70 heavy (non-hydrogen) atoms. The van der Waals surface area contributed by atoms with Gasteiger partial charge in [0.2, 0.25) is 11.8 Å². The normalized spacial score (nSPS) is 15.6. The number of nitrogens with one attached hydrogen (secondary N) is 4. The van der Waals surface area contributed by atoms with Crippen LogP contribution in [0, 0.1) is 0 Å². The third-order valence-electron chi connectivity index (χ3n) is 14.8. The summed E-state index contributed by atoms with van der Waals surface area (Å²) in [6.07, 6.45) is 11.8. The number of rotatable bonds is 17. The van der Waals surface area contributed by atoms with Crippen molar-refractivity contribution in [2.24, 2.45) is 0 Å². The number of carbonyl (C=O) groups is 2. The van der Waals surface area contributed by atoms with Crippen LogP contribution in [0.1, 0.15) is 112 Å². The molecule has 2 amide bonds. The molecule has 0 aliphatic carbocycles. The first kappa shape index (κ1) is 46.9. The molecule has 0 spiro atoms. The maximum absolute atomic E-state index is 12.7. The van der Waals surface area contributed by atoms with E-state index in [0.29, 0.717) is 59.6 Å². The molecular weight excluding hydrogens is 881 g/mol. The van der Waals surface area contributed by atoms with Crippen LogP contribution < -0.4 is 20.1 Å². The highest BCUT2D eigenvalue weighted by Crippen LogP contribution is 2.41. The minimum absolute atomic E-state index is 0.0741. The van der Waals surface area contributed by atoms with Crippen LogP contribution in [-0.2, 0) is 9.59 Å². The van der Waals surface area contributed by atoms with Crippen LogP contribution in [0.2, 0.25) is 0 Å². The predicted octanol–water partition coefficient (Wildman–Crippen LogP) is 8.40. The zero-order chi connectivity index (χ0) is 48.5. The lowest BCUT2D eigenvalue weighted by Gasteiger charge is -2.32. The van der Waals surface area contributed by atoms with Crippen molar-refractivity contribution in [3.63, 3.8) is 0 Å². The standard InChI is InChI=1S/C54H66N12O4/c1-33(2)49-41-25-37(7-9-43(41)61-51(49)39-27-45(69-5)53-57-31-59-65(53)29-39)35-13-19-63(20-14-35)23-17-55-47(67)11-12-48(68)56-18-24-64-21-15-36(16-22-64)38-8-10-44-42(26-38)50(34(3)4)52(62-44)40-28-46(70-6)54-58-32-60-66(54)30-40/h7-10,25-36,61-62H,11-24H2,1-6H3,(H,55,67)(H,56,68). The number of aromatic nitrogens is 8. The number of carbonyl (C=O) groups excluding carboxylic acids is 2. The fourth-order valence-corrected chi connectivity index (χ4v) is 11.1. The largest absolute Gasteiger partial charge is 0.493 e. The van der Waals surface area contributed by atoms with Gasteiger partial charge >= 0.3 is 0 Å². The molecule has 6 aromatic heterocycles. The molecule has 0 unspecified atom stereocenters. The number of H-pyrrole nitrogens is 2. The zero-order valence-corrected chi connectivity index (χ0v) is 41.3. The van der Waals surface area contributed by atoms with Crippen LogP contribution in [0.4, 0.5) is 0 Å². The Morgan fingerprint density at radius 1 is 0.629 bits per heavy atom. The van der Waals surface area contributed by atoms with Gasteiger partial charge in [-0.25, -0.2) is 19.0 Å². The second-order valence-corrected chi connectivity index (χ2v) is 19.8. The number of aromatic amines is 2. The van der Waals surface area contributed by atoms with Gasteiger partial charge in [-0.3, -0.25) is 9.59 Å². The van der Waals surface area contributed by atoms with Crippen LogP contribution in [-0.4, -0.2) is 127 Å². The summed E-state index contributed by atoms with van der Waals surface area (Å²) in [5.41, 5.74) is 13.2. The Labute approximate surface area is 408 Å². The van der Waals surface area contributed by atoms with Gasteiger partial charge < -0.3 is 39.9 Å². The van der Waals surface area contributed by atoms with Crippen molar-refractivity contribution in [2.45, 2.75) is 89.9 Å². The van der Waals surface area contributed by atoms with E-state index in [1.54, 1.807) is 35.9 Å². The van der Waals surface area contributed by atoms with E-state index in [9.17, 15) is 9.59 Å². The van der Waals surface area contributed by atoms with E-state index in [0.717, 1.165) is 98.5 Å². The summed E-state index contributed by atoms with van der Waals surface area (Å²) < 4.78 is 14.9. The molecule has 8 aromatic rings. The van der Waals surface area contributed by atoms with Gasteiger partial charge in [0, 0.05) is 84.3 Å². The Kier molecular flexibility index (Phi) is 13.6. The Balaban J connectivity index is 0.639. The Morgan fingerprint density at radius 3 is 1.43 bits per heavy atom. The summed E-state index contributed by atoms with van der Waals surface area (Å²) in [6.45, 7) is 15.7. The molecule has 2 aliphatic heterocycles. The molecule has 2 aromatic carbocycles. The molecular formula is C54H66N12O4. The molecule has 2 aliphatic rings. The fraction of sp³-hybridized carbons (Fsp3) is 0.444. The number of pyridine rings is 2. The monoisotopic (exact) mass is 947 g/mol. The van der Waals surface area contributed by atoms with Crippen molar-refractivity contribution in [2.75, 3.05) is 66.6 Å². The third-order valence-corrected chi connectivity index (χ3v) is 14.8. The summed E-state index contributed by atoms with van der Waals surface area (Å²) in [4.78, 5) is 46.5. The number of methoxy groups -OCH3 is 2. The lowest BCUT2D eigenvalue weighted by atomic mass is 9.87. The number of ether oxygens (including phenoxy) is 2. The lowest BCUT2D eigenvalue weighted by Crippen LogP contribution is -2.40. The van der Waals surface area contributed by atoms with E-state index in [1.807, 2.05) is 24.5 Å². The average molecular weight is 947 g/mol. The first-order valence-electron chi connectivity index (χ1n) is 25.1. The maximum atomic E-state index is 12.7. The van der Waals surface area contributed by atoms with Crippen molar-refractivity contribution < 1.29 is 19.1 Å². The second kappa shape index (κ2) is 20.3. The van der Waals surface area contributed by atoms with Gasteiger partial charge in [0.05, 0.1) is 25.6 Å². The molecule has 0 saturated carbocycles. The Bertz CT molecular complexity index is 2940. The average Bonchev–Trinajstić information content (AvgIpc) is 4.20. The van der Waals surface area contributed by atoms with Gasteiger partial charge in [-0.05, 0) is 134 Å². The molecule has 16 nitrogen and oxygen atoms in total. The van der Waals surface area contributed by atoms with Crippen molar-refractivity contribution >= 4 is 44.9 Å². The number of fused-ring (bicyclic) bond motifs is 4. The fourth-order valence-electron chi connectivity index (χ4n) is 11.1. The van der Waals surface area contributed by atoms with Gasteiger partial charge in [0.25, 0.3) is 0 Å². The quantitative estimate of drug-likeness (QED) is 0.0694. The number of nitrogens with zero attached hydrogens (tertiary/aromatic N) is 8. The molecule has 8 heterocycles. The predicted molar refractivity (Wildman–Crippen MR) is 274 cm³/mol. The van der Waals surface area contributed by atoms with Gasteiger partial charge in [0.15, 0.2) is 22.8 Å². The van der Waals surface area contributed by atoms with E-state index < -0.39 is 0 Å². The molecule has 0 bridgehead atoms. The summed E-state index contributed by atoms with van der Waals surface area (Å²) in [6, 6.07) is 17.9. The van der Waals surface area contributed by atoms with E-state index in [2.05, 4.69) is 115 Å². The third kappa shape index (κ3) is 9.58. The smallest absolute Gasteiger partial charge is 0.220 e. The molecule has 0 atom stereocenters. The summed E-state index contributed by atoms with van der Waals surface area (Å²) >= 11 is 0. The van der Waals surface area contributed by atoms with E-state index >= 15 is 0 Å². The lowest BCUT2D eigenvalue weighted by molar-refractivity contribution is -0.126.